The van der Waals surface area contributed by atoms with Gasteiger partial charge in [-0.3, -0.25) is 5.32 Å². The number of rotatable bonds is 3. The van der Waals surface area contributed by atoms with Gasteiger partial charge < -0.3 is 9.47 Å². The molecule has 0 aromatic heterocycles. The first-order chi connectivity index (χ1) is 10.4. The zero-order valence-electron chi connectivity index (χ0n) is 12.4. The lowest BCUT2D eigenvalue weighted by molar-refractivity contribution is 0.214. The van der Waals surface area contributed by atoms with Crippen molar-refractivity contribution in [3.63, 3.8) is 0 Å². The van der Waals surface area contributed by atoms with Crippen LogP contribution in [0.2, 0.25) is 5.02 Å². The van der Waals surface area contributed by atoms with Crippen molar-refractivity contribution in [2.45, 2.75) is 13.8 Å². The van der Waals surface area contributed by atoms with Crippen LogP contribution in [0.5, 0.6) is 11.5 Å². The molecule has 1 N–H and O–H groups in total. The number of hydrogen-bond donors (Lipinski definition) is 1. The Hall–Kier alpha value is -1.72. The minimum absolute atomic E-state index is 0.452. The highest BCUT2D eigenvalue weighted by Gasteiger charge is 2.12. The zero-order valence-corrected chi connectivity index (χ0v) is 14.7. The summed E-state index contributed by atoms with van der Waals surface area (Å²) in [6.07, 6.45) is -0.607. The summed E-state index contributed by atoms with van der Waals surface area (Å²) in [7, 11) is 1.50. The van der Waals surface area contributed by atoms with E-state index >= 15 is 0 Å². The monoisotopic (exact) mass is 383 g/mol. The fraction of sp³-hybridized carbons (Fsp3) is 0.188. The van der Waals surface area contributed by atoms with E-state index in [9.17, 15) is 4.79 Å². The van der Waals surface area contributed by atoms with Gasteiger partial charge >= 0.3 is 6.09 Å². The number of halogens is 2. The van der Waals surface area contributed by atoms with Crippen molar-refractivity contribution in [3.05, 3.63) is 51.0 Å². The summed E-state index contributed by atoms with van der Waals surface area (Å²) in [4.78, 5) is 12.0. The third-order valence-electron chi connectivity index (χ3n) is 3.15. The van der Waals surface area contributed by atoms with E-state index in [2.05, 4.69) is 21.2 Å². The molecule has 2 aromatic rings. The van der Waals surface area contributed by atoms with Gasteiger partial charge in [-0.15, -0.1) is 0 Å². The van der Waals surface area contributed by atoms with Crippen LogP contribution >= 0.6 is 27.5 Å². The molecule has 0 bridgehead atoms. The molecule has 0 saturated heterocycles. The summed E-state index contributed by atoms with van der Waals surface area (Å²) in [6, 6.07) is 8.63. The third-order valence-corrected chi connectivity index (χ3v) is 4.01. The summed E-state index contributed by atoms with van der Waals surface area (Å²) >= 11 is 9.27. The maximum atomic E-state index is 12.0. The van der Waals surface area contributed by atoms with Crippen molar-refractivity contribution in [3.8, 4) is 11.5 Å². The van der Waals surface area contributed by atoms with Gasteiger partial charge in [0.25, 0.3) is 0 Å². The normalized spacial score (nSPS) is 10.2. The number of aryl methyl sites for hydroxylation is 2. The summed E-state index contributed by atoms with van der Waals surface area (Å²) in [6.45, 7) is 3.94. The molecule has 0 heterocycles. The minimum Gasteiger partial charge on any atom is -0.495 e. The Bertz CT molecular complexity index is 719. The molecule has 0 aliphatic rings. The third kappa shape index (κ3) is 3.93. The number of ether oxygens (including phenoxy) is 2. The highest BCUT2D eigenvalue weighted by molar-refractivity contribution is 9.10. The Morgan fingerprint density at radius 1 is 1.14 bits per heavy atom. The molecule has 0 radical (unpaired) electrons. The first-order valence-corrected chi connectivity index (χ1v) is 7.67. The van der Waals surface area contributed by atoms with Crippen LogP contribution in [0.15, 0.2) is 34.8 Å². The first-order valence-electron chi connectivity index (χ1n) is 6.50. The maximum absolute atomic E-state index is 12.0. The molecule has 0 fully saturated rings. The van der Waals surface area contributed by atoms with E-state index in [0.717, 1.165) is 11.1 Å². The Morgan fingerprint density at radius 3 is 2.50 bits per heavy atom. The Kier molecular flexibility index (Phi) is 5.32. The van der Waals surface area contributed by atoms with Crippen LogP contribution in [0, 0.1) is 13.8 Å². The summed E-state index contributed by atoms with van der Waals surface area (Å²) in [5.74, 6) is 0.914. The van der Waals surface area contributed by atoms with Gasteiger partial charge in [0.1, 0.15) is 11.5 Å². The van der Waals surface area contributed by atoms with Gasteiger partial charge in [-0.2, -0.15) is 0 Å². The van der Waals surface area contributed by atoms with Crippen molar-refractivity contribution in [1.29, 1.82) is 0 Å². The van der Waals surface area contributed by atoms with Crippen molar-refractivity contribution >= 4 is 39.3 Å². The van der Waals surface area contributed by atoms with E-state index in [1.807, 2.05) is 19.9 Å². The summed E-state index contributed by atoms with van der Waals surface area (Å²) in [5, 5.41) is 3.15. The van der Waals surface area contributed by atoms with E-state index in [1.54, 1.807) is 24.3 Å². The fourth-order valence-corrected chi connectivity index (χ4v) is 2.54. The van der Waals surface area contributed by atoms with Gasteiger partial charge in [0.05, 0.1) is 17.3 Å². The van der Waals surface area contributed by atoms with Gasteiger partial charge in [-0.1, -0.05) is 11.6 Å². The highest BCUT2D eigenvalue weighted by Crippen LogP contribution is 2.30. The number of carbonyl (C=O) groups is 1. The van der Waals surface area contributed by atoms with Crippen LogP contribution in [0.4, 0.5) is 10.5 Å². The van der Waals surface area contributed by atoms with Crippen LogP contribution in [-0.4, -0.2) is 13.2 Å². The van der Waals surface area contributed by atoms with Crippen LogP contribution in [0.1, 0.15) is 11.1 Å². The second kappa shape index (κ2) is 7.03. The molecular formula is C16H15BrClNO3. The van der Waals surface area contributed by atoms with E-state index in [-0.39, 0.29) is 0 Å². The second-order valence-electron chi connectivity index (χ2n) is 4.73. The number of benzene rings is 2. The molecule has 116 valence electrons. The smallest absolute Gasteiger partial charge is 0.417 e. The van der Waals surface area contributed by atoms with Gasteiger partial charge in [0.15, 0.2) is 0 Å². The van der Waals surface area contributed by atoms with Crippen LogP contribution in [0.25, 0.3) is 0 Å². The van der Waals surface area contributed by atoms with Gasteiger partial charge in [0, 0.05) is 11.1 Å². The van der Waals surface area contributed by atoms with Crippen LogP contribution < -0.4 is 14.8 Å². The Morgan fingerprint density at radius 2 is 1.82 bits per heavy atom. The molecule has 4 nitrogen and oxygen atoms in total. The fourth-order valence-electron chi connectivity index (χ4n) is 1.84. The van der Waals surface area contributed by atoms with E-state index in [0.29, 0.717) is 26.7 Å². The number of carbonyl (C=O) groups excluding carboxylic acids is 1. The average Bonchev–Trinajstić information content (AvgIpc) is 2.46. The lowest BCUT2D eigenvalue weighted by Gasteiger charge is -2.12. The molecule has 22 heavy (non-hydrogen) atoms. The lowest BCUT2D eigenvalue weighted by Crippen LogP contribution is -2.17. The van der Waals surface area contributed by atoms with E-state index in [4.69, 9.17) is 21.1 Å². The van der Waals surface area contributed by atoms with Crippen LogP contribution in [0.3, 0.4) is 0 Å². The number of nitrogens with one attached hydrogen (secondary N) is 1. The molecule has 2 rings (SSSR count). The number of hydrogen-bond acceptors (Lipinski definition) is 3. The second-order valence-corrected chi connectivity index (χ2v) is 6.02. The van der Waals surface area contributed by atoms with Crippen molar-refractivity contribution in [1.82, 2.24) is 0 Å². The molecule has 6 heteroatoms. The molecule has 1 amide bonds. The standard InChI is InChI=1S/C16H15BrClNO3/c1-9-6-12(17)14(7-10(9)2)22-16(20)19-13-5-4-11(18)8-15(13)21-3/h4-8H,1-3H3,(H,19,20). The summed E-state index contributed by atoms with van der Waals surface area (Å²) in [5.41, 5.74) is 2.63. The van der Waals surface area contributed by atoms with E-state index in [1.165, 1.54) is 7.11 Å². The Balaban J connectivity index is 2.16. The van der Waals surface area contributed by atoms with Crippen molar-refractivity contribution in [2.24, 2.45) is 0 Å². The molecule has 0 aliphatic carbocycles. The average molecular weight is 385 g/mol. The quantitative estimate of drug-likeness (QED) is 0.777. The topological polar surface area (TPSA) is 47.6 Å². The molecule has 0 spiro atoms. The number of amides is 1. The molecule has 0 saturated carbocycles. The van der Waals surface area contributed by atoms with Gasteiger partial charge in [-0.05, 0) is 65.2 Å². The van der Waals surface area contributed by atoms with Crippen molar-refractivity contribution in [2.75, 3.05) is 12.4 Å². The molecule has 0 aliphatic heterocycles. The highest BCUT2D eigenvalue weighted by atomic mass is 79.9. The predicted molar refractivity (Wildman–Crippen MR) is 91.3 cm³/mol. The Labute approximate surface area is 142 Å². The molecular weight excluding hydrogens is 370 g/mol. The van der Waals surface area contributed by atoms with E-state index < -0.39 is 6.09 Å². The molecule has 2 aromatic carbocycles. The predicted octanol–water partition coefficient (Wildman–Crippen LogP) is 5.34. The number of methoxy groups -OCH3 is 1. The maximum Gasteiger partial charge on any atom is 0.417 e. The SMILES string of the molecule is COc1cc(Cl)ccc1NC(=O)Oc1cc(C)c(C)cc1Br. The van der Waals surface area contributed by atoms with Gasteiger partial charge in [0.2, 0.25) is 0 Å². The number of anilines is 1. The van der Waals surface area contributed by atoms with Crippen LogP contribution in [-0.2, 0) is 0 Å². The first kappa shape index (κ1) is 16.6. The zero-order chi connectivity index (χ0) is 16.3. The van der Waals surface area contributed by atoms with Gasteiger partial charge in [-0.25, -0.2) is 4.79 Å². The van der Waals surface area contributed by atoms with Crippen molar-refractivity contribution < 1.29 is 14.3 Å². The summed E-state index contributed by atoms with van der Waals surface area (Å²) < 4.78 is 11.2. The lowest BCUT2D eigenvalue weighted by atomic mass is 10.1. The largest absolute Gasteiger partial charge is 0.495 e. The molecule has 0 unspecified atom stereocenters. The minimum atomic E-state index is -0.607. The molecule has 0 atom stereocenters.